The number of nitrogens with one attached hydrogen (secondary N) is 2. The molecule has 0 radical (unpaired) electrons. The van der Waals surface area contributed by atoms with E-state index >= 15 is 0 Å². The molecule has 0 atom stereocenters. The quantitative estimate of drug-likeness (QED) is 0.875. The van der Waals surface area contributed by atoms with Crippen LogP contribution in [0, 0.1) is 0 Å². The maximum absolute atomic E-state index is 11.4. The molecule has 90 valence electrons. The van der Waals surface area contributed by atoms with Crippen LogP contribution < -0.4 is 10.9 Å². The number of rotatable bonds is 4. The highest BCUT2D eigenvalue weighted by Gasteiger charge is 2.05. The van der Waals surface area contributed by atoms with Crippen LogP contribution in [0.3, 0.4) is 0 Å². The highest BCUT2D eigenvalue weighted by atomic mass is 32.1. The van der Waals surface area contributed by atoms with Gasteiger partial charge in [-0.3, -0.25) is 4.79 Å². The normalized spacial score (nSPS) is 10.8. The maximum atomic E-state index is 11.4. The fraction of sp³-hybridized carbons (Fsp3) is 0.333. The monoisotopic (exact) mass is 249 g/mol. The van der Waals surface area contributed by atoms with Crippen LogP contribution in [0.2, 0.25) is 0 Å². The Morgan fingerprint density at radius 1 is 1.53 bits per heavy atom. The third kappa shape index (κ3) is 3.17. The summed E-state index contributed by atoms with van der Waals surface area (Å²) in [5.74, 6) is 1.56. The zero-order chi connectivity index (χ0) is 12.3. The number of hydrogen-bond acceptors (Lipinski definition) is 4. The first-order chi connectivity index (χ1) is 8.15. The second kappa shape index (κ2) is 5.14. The molecule has 2 aromatic heterocycles. The number of anilines is 1. The molecule has 0 bridgehead atoms. The summed E-state index contributed by atoms with van der Waals surface area (Å²) in [7, 11) is 0. The molecule has 0 amide bonds. The molecule has 2 aromatic rings. The summed E-state index contributed by atoms with van der Waals surface area (Å²) >= 11 is 1.68. The summed E-state index contributed by atoms with van der Waals surface area (Å²) in [6, 6.07) is 5.54. The molecule has 0 aromatic carbocycles. The van der Waals surface area contributed by atoms with Crippen LogP contribution >= 0.6 is 11.3 Å². The first-order valence-electron chi connectivity index (χ1n) is 5.52. The Bertz CT molecular complexity index is 531. The van der Waals surface area contributed by atoms with E-state index in [9.17, 15) is 4.79 Å². The second-order valence-electron chi connectivity index (χ2n) is 4.10. The van der Waals surface area contributed by atoms with Gasteiger partial charge < -0.3 is 10.3 Å². The highest BCUT2D eigenvalue weighted by molar-refractivity contribution is 7.09. The number of H-pyrrole nitrogens is 1. The van der Waals surface area contributed by atoms with E-state index in [4.69, 9.17) is 0 Å². The smallest absolute Gasteiger partial charge is 0.252 e. The molecule has 4 nitrogen and oxygen atoms in total. The highest BCUT2D eigenvalue weighted by Crippen LogP contribution is 2.12. The third-order valence-corrected chi connectivity index (χ3v) is 3.21. The van der Waals surface area contributed by atoms with E-state index < -0.39 is 0 Å². The van der Waals surface area contributed by atoms with Crippen LogP contribution in [-0.4, -0.2) is 9.97 Å². The summed E-state index contributed by atoms with van der Waals surface area (Å²) in [6.45, 7) is 4.70. The minimum absolute atomic E-state index is 0.114. The van der Waals surface area contributed by atoms with E-state index in [1.165, 1.54) is 10.9 Å². The molecule has 2 heterocycles. The molecular formula is C12H15N3OS. The molecule has 0 fully saturated rings. The molecule has 0 unspecified atom stereocenters. The van der Waals surface area contributed by atoms with Crippen molar-refractivity contribution in [2.75, 3.05) is 5.32 Å². The minimum atomic E-state index is -0.114. The van der Waals surface area contributed by atoms with Gasteiger partial charge in [-0.1, -0.05) is 19.9 Å². The Balaban J connectivity index is 2.13. The number of aromatic amines is 1. The van der Waals surface area contributed by atoms with E-state index in [2.05, 4.69) is 15.3 Å². The zero-order valence-electron chi connectivity index (χ0n) is 9.86. The summed E-state index contributed by atoms with van der Waals surface area (Å²) in [6.07, 6.45) is 0. The molecular weight excluding hydrogens is 234 g/mol. The Labute approximate surface area is 104 Å². The van der Waals surface area contributed by atoms with Crippen molar-refractivity contribution in [3.63, 3.8) is 0 Å². The Morgan fingerprint density at radius 2 is 2.35 bits per heavy atom. The van der Waals surface area contributed by atoms with E-state index in [0.29, 0.717) is 18.2 Å². The van der Waals surface area contributed by atoms with Crippen molar-refractivity contribution in [3.05, 3.63) is 44.6 Å². The van der Waals surface area contributed by atoms with Crippen LogP contribution in [-0.2, 0) is 6.54 Å². The van der Waals surface area contributed by atoms with Gasteiger partial charge in [0.15, 0.2) is 0 Å². The first-order valence-corrected chi connectivity index (χ1v) is 6.40. The first kappa shape index (κ1) is 11.9. The van der Waals surface area contributed by atoms with Gasteiger partial charge in [-0.05, 0) is 11.4 Å². The lowest BCUT2D eigenvalue weighted by Crippen LogP contribution is -2.14. The van der Waals surface area contributed by atoms with Crippen molar-refractivity contribution >= 4 is 17.2 Å². The van der Waals surface area contributed by atoms with E-state index in [0.717, 1.165) is 0 Å². The van der Waals surface area contributed by atoms with E-state index in [1.54, 1.807) is 11.3 Å². The Hall–Kier alpha value is -1.62. The van der Waals surface area contributed by atoms with Gasteiger partial charge >= 0.3 is 0 Å². The number of thiophene rings is 1. The summed E-state index contributed by atoms with van der Waals surface area (Å²) in [5, 5.41) is 5.19. The van der Waals surface area contributed by atoms with Crippen LogP contribution in [0.15, 0.2) is 28.4 Å². The summed E-state index contributed by atoms with van der Waals surface area (Å²) < 4.78 is 0. The molecule has 2 rings (SSSR count). The van der Waals surface area contributed by atoms with Gasteiger partial charge in [0.2, 0.25) is 0 Å². The van der Waals surface area contributed by atoms with Gasteiger partial charge in [-0.2, -0.15) is 0 Å². The zero-order valence-corrected chi connectivity index (χ0v) is 10.7. The summed E-state index contributed by atoms with van der Waals surface area (Å²) in [4.78, 5) is 19.8. The van der Waals surface area contributed by atoms with Gasteiger partial charge in [0, 0.05) is 16.9 Å². The standard InChI is InChI=1S/C12H15N3OS/c1-8(2)12-14-10(6-11(16)15-12)13-7-9-4-3-5-17-9/h3-6,8H,7H2,1-2H3,(H2,13,14,15,16). The molecule has 0 spiro atoms. The van der Waals surface area contributed by atoms with Crippen molar-refractivity contribution in [2.24, 2.45) is 0 Å². The molecule has 0 saturated heterocycles. The van der Waals surface area contributed by atoms with Crippen molar-refractivity contribution in [1.82, 2.24) is 9.97 Å². The average Bonchev–Trinajstić information content (AvgIpc) is 2.78. The predicted molar refractivity (Wildman–Crippen MR) is 70.6 cm³/mol. The Kier molecular flexibility index (Phi) is 3.58. The van der Waals surface area contributed by atoms with Crippen LogP contribution in [0.4, 0.5) is 5.82 Å². The number of aromatic nitrogens is 2. The van der Waals surface area contributed by atoms with Gasteiger partial charge in [0.05, 0.1) is 6.54 Å². The third-order valence-electron chi connectivity index (χ3n) is 2.33. The lowest BCUT2D eigenvalue weighted by molar-refractivity contribution is 0.767. The van der Waals surface area contributed by atoms with Crippen molar-refractivity contribution < 1.29 is 0 Å². The largest absolute Gasteiger partial charge is 0.365 e. The summed E-state index contributed by atoms with van der Waals surface area (Å²) in [5.41, 5.74) is -0.114. The van der Waals surface area contributed by atoms with E-state index in [1.807, 2.05) is 31.4 Å². The van der Waals surface area contributed by atoms with Crippen molar-refractivity contribution in [1.29, 1.82) is 0 Å². The number of nitrogens with zero attached hydrogens (tertiary/aromatic N) is 1. The predicted octanol–water partition coefficient (Wildman–Crippen LogP) is 2.57. The fourth-order valence-corrected chi connectivity index (χ4v) is 2.08. The molecule has 5 heteroatoms. The molecule has 0 aliphatic rings. The van der Waals surface area contributed by atoms with Crippen LogP contribution in [0.25, 0.3) is 0 Å². The van der Waals surface area contributed by atoms with Crippen molar-refractivity contribution in [3.8, 4) is 0 Å². The molecule has 0 aliphatic heterocycles. The minimum Gasteiger partial charge on any atom is -0.365 e. The second-order valence-corrected chi connectivity index (χ2v) is 5.14. The topological polar surface area (TPSA) is 57.8 Å². The van der Waals surface area contributed by atoms with Gasteiger partial charge in [0.1, 0.15) is 11.6 Å². The molecule has 0 aliphatic carbocycles. The lowest BCUT2D eigenvalue weighted by Gasteiger charge is -2.08. The molecule has 0 saturated carbocycles. The lowest BCUT2D eigenvalue weighted by atomic mass is 10.2. The molecule has 17 heavy (non-hydrogen) atoms. The van der Waals surface area contributed by atoms with Crippen LogP contribution in [0.1, 0.15) is 30.5 Å². The van der Waals surface area contributed by atoms with E-state index in [-0.39, 0.29) is 11.5 Å². The SMILES string of the molecule is CC(C)c1nc(NCc2cccs2)cc(=O)[nH]1. The number of hydrogen-bond donors (Lipinski definition) is 2. The molecule has 2 N–H and O–H groups in total. The maximum Gasteiger partial charge on any atom is 0.252 e. The Morgan fingerprint density at radius 3 is 3.00 bits per heavy atom. The fourth-order valence-electron chi connectivity index (χ4n) is 1.43. The van der Waals surface area contributed by atoms with Gasteiger partial charge in [-0.25, -0.2) is 4.98 Å². The van der Waals surface area contributed by atoms with Gasteiger partial charge in [-0.15, -0.1) is 11.3 Å². The van der Waals surface area contributed by atoms with Gasteiger partial charge in [0.25, 0.3) is 5.56 Å². The van der Waals surface area contributed by atoms with Crippen molar-refractivity contribution in [2.45, 2.75) is 26.3 Å². The average molecular weight is 249 g/mol. The van der Waals surface area contributed by atoms with Crippen LogP contribution in [0.5, 0.6) is 0 Å².